The second-order valence-corrected chi connectivity index (χ2v) is 2.83. The van der Waals surface area contributed by atoms with Crippen molar-refractivity contribution in [2.75, 3.05) is 13.1 Å². The van der Waals surface area contributed by atoms with Gasteiger partial charge in [-0.3, -0.25) is 9.59 Å². The van der Waals surface area contributed by atoms with Crippen LogP contribution in [0.15, 0.2) is 0 Å². The molecule has 0 aromatic carbocycles. The van der Waals surface area contributed by atoms with E-state index < -0.39 is 36.5 Å². The number of carboxylic acid groups (broad SMARTS) is 3. The fourth-order valence-corrected chi connectivity index (χ4v) is 1.10. The Morgan fingerprint density at radius 2 is 1.38 bits per heavy atom. The van der Waals surface area contributed by atoms with Gasteiger partial charge in [0.25, 0.3) is 0 Å². The summed E-state index contributed by atoms with van der Waals surface area (Å²) < 4.78 is 0. The molecule has 0 atom stereocenters. The third-order valence-electron chi connectivity index (χ3n) is 2.01. The lowest BCUT2D eigenvalue weighted by Crippen LogP contribution is -2.65. The fraction of sp³-hybridized carbons (Fsp3) is 0.500. The van der Waals surface area contributed by atoms with Crippen LogP contribution in [0, 0.1) is 5.41 Å². The van der Waals surface area contributed by atoms with Gasteiger partial charge in [-0.05, 0) is 0 Å². The summed E-state index contributed by atoms with van der Waals surface area (Å²) in [6.45, 7) is -0.986. The van der Waals surface area contributed by atoms with Gasteiger partial charge in [0.05, 0.1) is 13.1 Å². The van der Waals surface area contributed by atoms with Gasteiger partial charge in [-0.1, -0.05) is 0 Å². The standard InChI is InChI=1S/C6H7NO6/c8-3(9)6(4(10)11)1-7(2-6)5(12)13/h1-2H2,(H,8,9)(H,10,11)(H,12,13). The first-order chi connectivity index (χ1) is 5.90. The minimum absolute atomic E-state index is 0.493. The van der Waals surface area contributed by atoms with E-state index in [-0.39, 0.29) is 0 Å². The van der Waals surface area contributed by atoms with E-state index in [0.717, 1.165) is 4.90 Å². The molecule has 0 aromatic rings. The molecule has 0 aliphatic carbocycles. The number of rotatable bonds is 2. The van der Waals surface area contributed by atoms with E-state index >= 15 is 0 Å². The number of likely N-dealkylation sites (tertiary alicyclic amines) is 1. The maximum Gasteiger partial charge on any atom is 0.407 e. The quantitative estimate of drug-likeness (QED) is 0.486. The third-order valence-corrected chi connectivity index (χ3v) is 2.01. The summed E-state index contributed by atoms with van der Waals surface area (Å²) in [6, 6.07) is 0. The zero-order valence-electron chi connectivity index (χ0n) is 6.43. The zero-order chi connectivity index (χ0) is 10.2. The topological polar surface area (TPSA) is 115 Å². The molecule has 0 aromatic heterocycles. The Bertz CT molecular complexity index is 263. The van der Waals surface area contributed by atoms with Crippen LogP contribution in [-0.2, 0) is 9.59 Å². The molecule has 13 heavy (non-hydrogen) atoms. The number of carbonyl (C=O) groups is 3. The van der Waals surface area contributed by atoms with E-state index in [1.807, 2.05) is 0 Å². The summed E-state index contributed by atoms with van der Waals surface area (Å²) in [6.07, 6.45) is -1.31. The van der Waals surface area contributed by atoms with E-state index in [0.29, 0.717) is 0 Å². The Morgan fingerprint density at radius 3 is 1.62 bits per heavy atom. The molecule has 1 saturated heterocycles. The molecule has 7 heteroatoms. The molecule has 0 spiro atoms. The van der Waals surface area contributed by atoms with Crippen molar-refractivity contribution in [3.63, 3.8) is 0 Å². The molecule has 1 heterocycles. The van der Waals surface area contributed by atoms with Crippen molar-refractivity contribution in [1.29, 1.82) is 0 Å². The van der Waals surface area contributed by atoms with Crippen LogP contribution >= 0.6 is 0 Å². The molecule has 1 fully saturated rings. The molecular weight excluding hydrogens is 182 g/mol. The molecule has 3 N–H and O–H groups in total. The van der Waals surface area contributed by atoms with Crippen LogP contribution < -0.4 is 0 Å². The minimum Gasteiger partial charge on any atom is -0.480 e. The molecule has 1 rings (SSSR count). The second-order valence-electron chi connectivity index (χ2n) is 2.83. The van der Waals surface area contributed by atoms with Gasteiger partial charge in [0, 0.05) is 0 Å². The Morgan fingerprint density at radius 1 is 1.00 bits per heavy atom. The monoisotopic (exact) mass is 189 g/mol. The molecule has 1 aliphatic heterocycles. The van der Waals surface area contributed by atoms with Gasteiger partial charge in [-0.2, -0.15) is 0 Å². The summed E-state index contributed by atoms with van der Waals surface area (Å²) in [5, 5.41) is 25.5. The Kier molecular flexibility index (Phi) is 1.87. The van der Waals surface area contributed by atoms with Crippen LogP contribution in [0.4, 0.5) is 4.79 Å². The Hall–Kier alpha value is -1.79. The molecular formula is C6H7NO6. The van der Waals surface area contributed by atoms with Crippen LogP contribution in [0.5, 0.6) is 0 Å². The molecule has 7 nitrogen and oxygen atoms in total. The molecule has 0 saturated carbocycles. The first kappa shape index (κ1) is 9.30. The number of aliphatic carboxylic acids is 2. The third kappa shape index (κ3) is 1.17. The van der Waals surface area contributed by atoms with E-state index in [9.17, 15) is 14.4 Å². The fourth-order valence-electron chi connectivity index (χ4n) is 1.10. The highest BCUT2D eigenvalue weighted by atomic mass is 16.4. The average Bonchev–Trinajstić information content (AvgIpc) is 1.80. The maximum absolute atomic E-state index is 10.5. The van der Waals surface area contributed by atoms with Crippen LogP contribution in [0.25, 0.3) is 0 Å². The number of amides is 1. The minimum atomic E-state index is -1.95. The normalized spacial score (nSPS) is 18.9. The van der Waals surface area contributed by atoms with Crippen molar-refractivity contribution < 1.29 is 29.7 Å². The van der Waals surface area contributed by atoms with Crippen molar-refractivity contribution >= 4 is 18.0 Å². The molecule has 0 radical (unpaired) electrons. The average molecular weight is 189 g/mol. The van der Waals surface area contributed by atoms with Gasteiger partial charge in [-0.15, -0.1) is 0 Å². The summed E-state index contributed by atoms with van der Waals surface area (Å²) >= 11 is 0. The maximum atomic E-state index is 10.5. The van der Waals surface area contributed by atoms with Crippen LogP contribution in [0.1, 0.15) is 0 Å². The zero-order valence-corrected chi connectivity index (χ0v) is 6.43. The molecule has 0 unspecified atom stereocenters. The lowest BCUT2D eigenvalue weighted by molar-refractivity contribution is -0.175. The summed E-state index contributed by atoms with van der Waals surface area (Å²) in [4.78, 5) is 32.0. The first-order valence-corrected chi connectivity index (χ1v) is 3.35. The van der Waals surface area contributed by atoms with Crippen molar-refractivity contribution in [2.24, 2.45) is 5.41 Å². The van der Waals surface area contributed by atoms with Crippen molar-refractivity contribution in [1.82, 2.24) is 4.90 Å². The largest absolute Gasteiger partial charge is 0.480 e. The second kappa shape index (κ2) is 2.61. The lowest BCUT2D eigenvalue weighted by atomic mass is 9.80. The van der Waals surface area contributed by atoms with Gasteiger partial charge in [0.15, 0.2) is 5.41 Å². The Labute approximate surface area is 72.2 Å². The van der Waals surface area contributed by atoms with E-state index in [4.69, 9.17) is 15.3 Å². The highest BCUT2D eigenvalue weighted by Gasteiger charge is 2.58. The molecule has 1 aliphatic rings. The van der Waals surface area contributed by atoms with E-state index in [1.165, 1.54) is 0 Å². The molecule has 0 bridgehead atoms. The van der Waals surface area contributed by atoms with Crippen molar-refractivity contribution in [3.8, 4) is 0 Å². The molecule has 72 valence electrons. The predicted octanol–water partition coefficient (Wildman–Crippen LogP) is -0.864. The van der Waals surface area contributed by atoms with Crippen LogP contribution in [-0.4, -0.2) is 51.3 Å². The van der Waals surface area contributed by atoms with E-state index in [1.54, 1.807) is 0 Å². The van der Waals surface area contributed by atoms with Crippen LogP contribution in [0.2, 0.25) is 0 Å². The number of nitrogens with zero attached hydrogens (tertiary/aromatic N) is 1. The van der Waals surface area contributed by atoms with Crippen LogP contribution in [0.3, 0.4) is 0 Å². The number of hydrogen-bond donors (Lipinski definition) is 3. The lowest BCUT2D eigenvalue weighted by Gasteiger charge is -2.41. The highest BCUT2D eigenvalue weighted by Crippen LogP contribution is 2.30. The first-order valence-electron chi connectivity index (χ1n) is 3.35. The van der Waals surface area contributed by atoms with Crippen molar-refractivity contribution in [3.05, 3.63) is 0 Å². The predicted molar refractivity (Wildman–Crippen MR) is 37.3 cm³/mol. The summed E-state index contributed by atoms with van der Waals surface area (Å²) in [5.41, 5.74) is -1.95. The highest BCUT2D eigenvalue weighted by molar-refractivity contribution is 6.01. The van der Waals surface area contributed by atoms with Gasteiger partial charge in [-0.25, -0.2) is 4.79 Å². The van der Waals surface area contributed by atoms with Crippen molar-refractivity contribution in [2.45, 2.75) is 0 Å². The Balaban J connectivity index is 2.75. The van der Waals surface area contributed by atoms with E-state index in [2.05, 4.69) is 0 Å². The van der Waals surface area contributed by atoms with Gasteiger partial charge in [0.1, 0.15) is 0 Å². The number of carboxylic acids is 2. The SMILES string of the molecule is O=C(O)N1CC(C(=O)O)(C(=O)O)C1. The van der Waals surface area contributed by atoms with Gasteiger partial charge < -0.3 is 20.2 Å². The molecule has 1 amide bonds. The van der Waals surface area contributed by atoms with Gasteiger partial charge in [0.2, 0.25) is 0 Å². The number of hydrogen-bond acceptors (Lipinski definition) is 3. The summed E-state index contributed by atoms with van der Waals surface area (Å²) in [7, 11) is 0. The van der Waals surface area contributed by atoms with Gasteiger partial charge >= 0.3 is 18.0 Å². The smallest absolute Gasteiger partial charge is 0.407 e. The summed E-state index contributed by atoms with van der Waals surface area (Å²) in [5.74, 6) is -3.00.